The fourth-order valence-corrected chi connectivity index (χ4v) is 4.90. The number of allylic oxidation sites excluding steroid dienone is 1. The van der Waals surface area contributed by atoms with Gasteiger partial charge in [-0.15, -0.1) is 6.58 Å². The van der Waals surface area contributed by atoms with E-state index in [1.165, 1.54) is 0 Å². The first-order valence-electron chi connectivity index (χ1n) is 11.6. The summed E-state index contributed by atoms with van der Waals surface area (Å²) in [6.45, 7) is 5.99. The first kappa shape index (κ1) is 26.9. The van der Waals surface area contributed by atoms with Crippen molar-refractivity contribution in [1.82, 2.24) is 0 Å². The topological polar surface area (TPSA) is 55.8 Å². The molecule has 0 spiro atoms. The van der Waals surface area contributed by atoms with E-state index in [1.807, 2.05) is 72.8 Å². The number of hydrogen-bond donors (Lipinski definition) is 1. The van der Waals surface area contributed by atoms with Gasteiger partial charge in [-0.3, -0.25) is 4.79 Å². The Kier molecular flexibility index (Phi) is 10.3. The van der Waals surface area contributed by atoms with E-state index in [0.717, 1.165) is 26.7 Å². The third-order valence-corrected chi connectivity index (χ3v) is 7.10. The van der Waals surface area contributed by atoms with E-state index in [4.69, 9.17) is 21.1 Å². The number of rotatable bonds is 13. The molecule has 0 aromatic heterocycles. The lowest BCUT2D eigenvalue weighted by atomic mass is 9.79. The summed E-state index contributed by atoms with van der Waals surface area (Å²) < 4.78 is 11.1. The number of halogens is 1. The highest BCUT2D eigenvalue weighted by Gasteiger charge is 2.38. The Morgan fingerprint density at radius 1 is 1.09 bits per heavy atom. The monoisotopic (exact) mass is 510 g/mol. The molecule has 6 heteroatoms. The minimum Gasteiger partial charge on any atom is -0.489 e. The number of aryl methyl sites for hydroxylation is 1. The van der Waals surface area contributed by atoms with Gasteiger partial charge in [0.1, 0.15) is 12.4 Å². The van der Waals surface area contributed by atoms with Crippen LogP contribution in [0.3, 0.4) is 0 Å². The zero-order valence-electron chi connectivity index (χ0n) is 19.9. The van der Waals surface area contributed by atoms with Crippen molar-refractivity contribution in [3.63, 3.8) is 0 Å². The summed E-state index contributed by atoms with van der Waals surface area (Å²) in [6.07, 6.45) is 2.96. The van der Waals surface area contributed by atoms with Crippen LogP contribution in [0.15, 0.2) is 95.2 Å². The zero-order valence-corrected chi connectivity index (χ0v) is 21.5. The van der Waals surface area contributed by atoms with E-state index >= 15 is 0 Å². The van der Waals surface area contributed by atoms with Gasteiger partial charge in [0, 0.05) is 14.8 Å². The lowest BCUT2D eigenvalue weighted by Gasteiger charge is -2.28. The molecule has 0 fully saturated rings. The molecule has 3 aromatic rings. The van der Waals surface area contributed by atoms with Gasteiger partial charge in [0.05, 0.1) is 18.6 Å². The predicted octanol–water partition coefficient (Wildman–Crippen LogP) is 7.12. The third kappa shape index (κ3) is 7.63. The van der Waals surface area contributed by atoms with Gasteiger partial charge in [-0.1, -0.05) is 65.8 Å². The molecule has 0 radical (unpaired) electrons. The Labute approximate surface area is 216 Å². The van der Waals surface area contributed by atoms with E-state index < -0.39 is 11.4 Å². The molecule has 0 amide bonds. The first-order chi connectivity index (χ1) is 17.0. The zero-order chi connectivity index (χ0) is 25.1. The molecular formula is C29H31ClO4S. The van der Waals surface area contributed by atoms with Crippen LogP contribution in [0.4, 0.5) is 0 Å². The minimum atomic E-state index is -1.00. The van der Waals surface area contributed by atoms with Gasteiger partial charge in [0.15, 0.2) is 0 Å². The molecule has 0 saturated carbocycles. The van der Waals surface area contributed by atoms with Gasteiger partial charge in [-0.2, -0.15) is 0 Å². The fraction of sp³-hybridized carbons (Fsp3) is 0.276. The number of carbonyl (C=O) groups excluding carboxylic acids is 1. The highest BCUT2D eigenvalue weighted by molar-refractivity contribution is 7.99. The highest BCUT2D eigenvalue weighted by Crippen LogP contribution is 2.35. The quantitative estimate of drug-likeness (QED) is 0.196. The van der Waals surface area contributed by atoms with Crippen LogP contribution in [0.1, 0.15) is 30.9 Å². The highest BCUT2D eigenvalue weighted by atomic mass is 35.5. The van der Waals surface area contributed by atoms with Crippen LogP contribution in [0.5, 0.6) is 5.75 Å². The van der Waals surface area contributed by atoms with Crippen molar-refractivity contribution in [2.75, 3.05) is 13.2 Å². The Morgan fingerprint density at radius 2 is 1.80 bits per heavy atom. The summed E-state index contributed by atoms with van der Waals surface area (Å²) in [5.41, 5.74) is 1.05. The van der Waals surface area contributed by atoms with E-state index in [9.17, 15) is 9.90 Å². The van der Waals surface area contributed by atoms with Gasteiger partial charge in [0.2, 0.25) is 0 Å². The Balaban J connectivity index is 1.60. The number of ether oxygens (including phenoxy) is 2. The second kappa shape index (κ2) is 13.4. The molecule has 3 aromatic carbocycles. The van der Waals surface area contributed by atoms with Gasteiger partial charge < -0.3 is 14.6 Å². The Bertz CT molecular complexity index is 1100. The molecular weight excluding hydrogens is 480 g/mol. The summed E-state index contributed by atoms with van der Waals surface area (Å²) in [6, 6.07) is 24.0. The lowest BCUT2D eigenvalue weighted by Crippen LogP contribution is -2.37. The van der Waals surface area contributed by atoms with Crippen molar-refractivity contribution < 1.29 is 19.4 Å². The lowest BCUT2D eigenvalue weighted by molar-refractivity contribution is -0.158. The summed E-state index contributed by atoms with van der Waals surface area (Å²) in [5.74, 6) is 0.418. The summed E-state index contributed by atoms with van der Waals surface area (Å²) in [5, 5.41) is 10.6. The number of carbonyl (C=O) groups is 1. The van der Waals surface area contributed by atoms with Crippen molar-refractivity contribution in [3.8, 4) is 5.75 Å². The molecule has 0 saturated heterocycles. The Morgan fingerprint density at radius 3 is 2.43 bits per heavy atom. The number of aliphatic hydroxyl groups excluding tert-OH is 1. The molecule has 0 aliphatic carbocycles. The summed E-state index contributed by atoms with van der Waals surface area (Å²) in [7, 11) is 0. The molecule has 4 nitrogen and oxygen atoms in total. The van der Waals surface area contributed by atoms with E-state index in [-0.39, 0.29) is 13.2 Å². The molecule has 1 N–H and O–H groups in total. The number of benzene rings is 3. The molecule has 0 aliphatic rings. The van der Waals surface area contributed by atoms with Crippen molar-refractivity contribution in [2.45, 2.75) is 42.6 Å². The minimum absolute atomic E-state index is 0.268. The maximum absolute atomic E-state index is 12.5. The second-order valence-corrected chi connectivity index (χ2v) is 9.81. The smallest absolute Gasteiger partial charge is 0.314 e. The van der Waals surface area contributed by atoms with Crippen LogP contribution >= 0.6 is 23.4 Å². The van der Waals surface area contributed by atoms with Gasteiger partial charge in [-0.05, 0) is 73.7 Å². The molecule has 0 aliphatic heterocycles. The first-order valence-corrected chi connectivity index (χ1v) is 12.8. The average Bonchev–Trinajstić information content (AvgIpc) is 2.88. The molecule has 35 heavy (non-hydrogen) atoms. The van der Waals surface area contributed by atoms with Crippen LogP contribution in [-0.2, 0) is 22.6 Å². The summed E-state index contributed by atoms with van der Waals surface area (Å²) >= 11 is 8.19. The van der Waals surface area contributed by atoms with Crippen LogP contribution in [0.2, 0.25) is 5.02 Å². The standard InChI is InChI=1S/C29H31ClO4S/c1-3-17-29(21-31,28(32)33-4-2)18-16-23-10-13-26(19-27(23)30)35-25-14-11-24(12-15-25)34-20-22-8-6-5-7-9-22/h3,5-15,19,31H,1,4,16-18,20-21H2,2H3. The van der Waals surface area contributed by atoms with E-state index in [0.29, 0.717) is 30.9 Å². The number of hydrogen-bond acceptors (Lipinski definition) is 5. The molecule has 1 unspecified atom stereocenters. The molecule has 3 rings (SSSR count). The van der Waals surface area contributed by atoms with Crippen molar-refractivity contribution >= 4 is 29.3 Å². The maximum atomic E-state index is 12.5. The summed E-state index contributed by atoms with van der Waals surface area (Å²) in [4.78, 5) is 14.6. The van der Waals surface area contributed by atoms with Crippen molar-refractivity contribution in [3.05, 3.63) is 102 Å². The van der Waals surface area contributed by atoms with Crippen LogP contribution in [0.25, 0.3) is 0 Å². The maximum Gasteiger partial charge on any atom is 0.314 e. The fourth-order valence-electron chi connectivity index (χ4n) is 3.71. The molecule has 0 heterocycles. The van der Waals surface area contributed by atoms with Gasteiger partial charge >= 0.3 is 5.97 Å². The normalized spacial score (nSPS) is 12.5. The van der Waals surface area contributed by atoms with Crippen LogP contribution in [-0.4, -0.2) is 24.3 Å². The molecule has 1 atom stereocenters. The van der Waals surface area contributed by atoms with Crippen LogP contribution < -0.4 is 4.74 Å². The van der Waals surface area contributed by atoms with Crippen molar-refractivity contribution in [2.24, 2.45) is 5.41 Å². The van der Waals surface area contributed by atoms with Crippen molar-refractivity contribution in [1.29, 1.82) is 0 Å². The second-order valence-electron chi connectivity index (χ2n) is 8.25. The SMILES string of the molecule is C=CCC(CO)(CCc1ccc(Sc2ccc(OCc3ccccc3)cc2)cc1Cl)C(=O)OCC. The van der Waals surface area contributed by atoms with Gasteiger partial charge in [-0.25, -0.2) is 0 Å². The largest absolute Gasteiger partial charge is 0.489 e. The molecule has 184 valence electrons. The number of aliphatic hydroxyl groups is 1. The van der Waals surface area contributed by atoms with E-state index in [1.54, 1.807) is 24.8 Å². The van der Waals surface area contributed by atoms with Gasteiger partial charge in [0.25, 0.3) is 0 Å². The average molecular weight is 511 g/mol. The third-order valence-electron chi connectivity index (χ3n) is 5.75. The Hall–Kier alpha value is -2.73. The predicted molar refractivity (Wildman–Crippen MR) is 142 cm³/mol. The molecule has 0 bridgehead atoms. The van der Waals surface area contributed by atoms with E-state index in [2.05, 4.69) is 6.58 Å². The van der Waals surface area contributed by atoms with Crippen LogP contribution in [0, 0.1) is 5.41 Å². The number of esters is 1.